The monoisotopic (exact) mass is 503 g/mol. The summed E-state index contributed by atoms with van der Waals surface area (Å²) < 4.78 is 43.9. The number of nitrogens with one attached hydrogen (secondary N) is 1. The van der Waals surface area contributed by atoms with Crippen molar-refractivity contribution < 1.29 is 47.5 Å². The van der Waals surface area contributed by atoms with Crippen molar-refractivity contribution in [1.82, 2.24) is 5.32 Å². The maximum Gasteiger partial charge on any atom is 0.407 e. The predicted molar refractivity (Wildman–Crippen MR) is 125 cm³/mol. The number of hydrogen-bond donors (Lipinski definition) is 1. The lowest BCUT2D eigenvalue weighted by Crippen LogP contribution is -2.26. The molecule has 194 valence electrons. The standard InChI is InChI=1S/C25H29NO10/c1-6-33-25(28)26-10-9-13-11-16-21(35-12-34-16)22(31-4)17(13)23-19(36-23)14-7-8-15(29-2)20(30-3)18(14)24(27)32-5/h7-8,11,19,23H,6,9-10,12H2,1-5H3,(H,26,28)/t19-,23-/m0/s1. The van der Waals surface area contributed by atoms with Crippen molar-refractivity contribution in [1.29, 1.82) is 0 Å². The molecule has 2 atom stereocenters. The van der Waals surface area contributed by atoms with Crippen molar-refractivity contribution in [3.05, 3.63) is 40.5 Å². The number of fused-ring (bicyclic) bond motifs is 1. The molecule has 0 bridgehead atoms. The molecular weight excluding hydrogens is 474 g/mol. The summed E-state index contributed by atoms with van der Waals surface area (Å²) in [5.74, 6) is 1.57. The molecule has 1 saturated heterocycles. The van der Waals surface area contributed by atoms with Gasteiger partial charge in [-0.25, -0.2) is 9.59 Å². The van der Waals surface area contributed by atoms with Gasteiger partial charge in [0.05, 0.1) is 35.0 Å². The van der Waals surface area contributed by atoms with E-state index in [1.54, 1.807) is 19.1 Å². The molecule has 0 aliphatic carbocycles. The van der Waals surface area contributed by atoms with Crippen molar-refractivity contribution in [3.8, 4) is 28.7 Å². The van der Waals surface area contributed by atoms with E-state index in [0.29, 0.717) is 41.5 Å². The van der Waals surface area contributed by atoms with E-state index in [0.717, 1.165) is 11.1 Å². The molecule has 0 spiro atoms. The van der Waals surface area contributed by atoms with Crippen LogP contribution >= 0.6 is 0 Å². The smallest absolute Gasteiger partial charge is 0.407 e. The van der Waals surface area contributed by atoms with Gasteiger partial charge in [-0.1, -0.05) is 6.07 Å². The van der Waals surface area contributed by atoms with Crippen LogP contribution in [0.4, 0.5) is 4.79 Å². The zero-order chi connectivity index (χ0) is 25.8. The topological polar surface area (TPSA) is 123 Å². The van der Waals surface area contributed by atoms with Crippen LogP contribution in [-0.2, 0) is 20.6 Å². The zero-order valence-electron chi connectivity index (χ0n) is 20.8. The van der Waals surface area contributed by atoms with Crippen LogP contribution in [0.5, 0.6) is 28.7 Å². The molecule has 2 heterocycles. The number of esters is 1. The molecular formula is C25H29NO10. The van der Waals surface area contributed by atoms with Gasteiger partial charge in [0.15, 0.2) is 23.0 Å². The third kappa shape index (κ3) is 4.66. The molecule has 2 aromatic rings. The predicted octanol–water partition coefficient (Wildman–Crippen LogP) is 3.33. The first-order valence-corrected chi connectivity index (χ1v) is 11.4. The molecule has 36 heavy (non-hydrogen) atoms. The summed E-state index contributed by atoms with van der Waals surface area (Å²) in [6.45, 7) is 2.39. The SMILES string of the molecule is CCOC(=O)NCCc1cc2c(c(OC)c1[C@@H]1O[C@H]1c1ccc(OC)c(OC)c1C(=O)OC)OCO2. The van der Waals surface area contributed by atoms with Crippen molar-refractivity contribution in [2.45, 2.75) is 25.6 Å². The average molecular weight is 504 g/mol. The van der Waals surface area contributed by atoms with Crippen LogP contribution < -0.4 is 29.0 Å². The van der Waals surface area contributed by atoms with Crippen LogP contribution in [0.1, 0.15) is 46.2 Å². The second kappa shape index (κ2) is 10.8. The molecule has 1 amide bonds. The van der Waals surface area contributed by atoms with Gasteiger partial charge in [0.1, 0.15) is 17.8 Å². The molecule has 2 aromatic carbocycles. The Labute approximate surface area is 208 Å². The highest BCUT2D eigenvalue weighted by Gasteiger charge is 2.48. The van der Waals surface area contributed by atoms with Gasteiger partial charge in [0.2, 0.25) is 12.5 Å². The van der Waals surface area contributed by atoms with E-state index in [1.807, 2.05) is 6.07 Å². The van der Waals surface area contributed by atoms with E-state index in [9.17, 15) is 9.59 Å². The second-order valence-electron chi connectivity index (χ2n) is 7.85. The Kier molecular flexibility index (Phi) is 7.58. The Bertz CT molecular complexity index is 1150. The number of carbonyl (C=O) groups is 2. The molecule has 0 saturated carbocycles. The Morgan fingerprint density at radius 1 is 1.03 bits per heavy atom. The van der Waals surface area contributed by atoms with Gasteiger partial charge in [0.25, 0.3) is 0 Å². The lowest BCUT2D eigenvalue weighted by atomic mass is 9.93. The highest BCUT2D eigenvalue weighted by Crippen LogP contribution is 2.59. The number of carbonyl (C=O) groups excluding carboxylic acids is 2. The summed E-state index contributed by atoms with van der Waals surface area (Å²) in [7, 11) is 5.78. The van der Waals surface area contributed by atoms with E-state index < -0.39 is 24.3 Å². The van der Waals surface area contributed by atoms with Crippen molar-refractivity contribution in [3.63, 3.8) is 0 Å². The minimum Gasteiger partial charge on any atom is -0.493 e. The van der Waals surface area contributed by atoms with Crippen LogP contribution in [0.2, 0.25) is 0 Å². The summed E-state index contributed by atoms with van der Waals surface area (Å²) in [4.78, 5) is 24.5. The van der Waals surface area contributed by atoms with Gasteiger partial charge >= 0.3 is 12.1 Å². The molecule has 2 aliphatic rings. The Balaban J connectivity index is 1.72. The molecule has 11 heteroatoms. The number of methoxy groups -OCH3 is 4. The van der Waals surface area contributed by atoms with Gasteiger partial charge in [-0.3, -0.25) is 0 Å². The van der Waals surface area contributed by atoms with Crippen molar-refractivity contribution in [2.24, 2.45) is 0 Å². The quantitative estimate of drug-likeness (QED) is 0.381. The number of epoxide rings is 1. The third-order valence-corrected chi connectivity index (χ3v) is 5.94. The lowest BCUT2D eigenvalue weighted by molar-refractivity contribution is 0.0594. The first-order valence-electron chi connectivity index (χ1n) is 11.4. The zero-order valence-corrected chi connectivity index (χ0v) is 20.8. The first-order chi connectivity index (χ1) is 17.5. The minimum atomic E-state index is -0.577. The van der Waals surface area contributed by atoms with E-state index in [4.69, 9.17) is 37.9 Å². The molecule has 4 rings (SSSR count). The Hall–Kier alpha value is -3.86. The van der Waals surface area contributed by atoms with Crippen LogP contribution in [0, 0.1) is 0 Å². The maximum atomic E-state index is 12.7. The van der Waals surface area contributed by atoms with E-state index >= 15 is 0 Å². The fourth-order valence-electron chi connectivity index (χ4n) is 4.34. The number of ether oxygens (including phenoxy) is 8. The summed E-state index contributed by atoms with van der Waals surface area (Å²) in [5.41, 5.74) is 2.38. The number of amides is 1. The van der Waals surface area contributed by atoms with Gasteiger partial charge < -0.3 is 43.2 Å². The maximum absolute atomic E-state index is 12.7. The van der Waals surface area contributed by atoms with Crippen LogP contribution in [0.15, 0.2) is 18.2 Å². The minimum absolute atomic E-state index is 0.0623. The number of rotatable bonds is 10. The molecule has 0 radical (unpaired) electrons. The number of alkyl carbamates (subject to hydrolysis) is 1. The molecule has 1 fully saturated rings. The first kappa shape index (κ1) is 25.2. The second-order valence-corrected chi connectivity index (χ2v) is 7.85. The fourth-order valence-corrected chi connectivity index (χ4v) is 4.34. The Morgan fingerprint density at radius 2 is 1.81 bits per heavy atom. The van der Waals surface area contributed by atoms with Crippen molar-refractivity contribution >= 4 is 12.1 Å². The number of hydrogen-bond acceptors (Lipinski definition) is 10. The van der Waals surface area contributed by atoms with E-state index in [-0.39, 0.29) is 24.7 Å². The molecule has 1 N–H and O–H groups in total. The highest BCUT2D eigenvalue weighted by molar-refractivity contribution is 5.95. The summed E-state index contributed by atoms with van der Waals surface area (Å²) >= 11 is 0. The summed E-state index contributed by atoms with van der Waals surface area (Å²) in [6, 6.07) is 5.31. The van der Waals surface area contributed by atoms with Crippen LogP contribution in [0.25, 0.3) is 0 Å². The van der Waals surface area contributed by atoms with Crippen LogP contribution in [-0.4, -0.2) is 60.4 Å². The summed E-state index contributed by atoms with van der Waals surface area (Å²) in [6.07, 6.45) is -1.01. The molecule has 0 unspecified atom stereocenters. The molecule has 0 aromatic heterocycles. The average Bonchev–Trinajstić information content (AvgIpc) is 3.53. The number of benzene rings is 2. The highest BCUT2D eigenvalue weighted by atomic mass is 16.7. The van der Waals surface area contributed by atoms with Gasteiger partial charge in [-0.05, 0) is 31.0 Å². The fraction of sp³-hybridized carbons (Fsp3) is 0.440. The third-order valence-electron chi connectivity index (χ3n) is 5.94. The van der Waals surface area contributed by atoms with Gasteiger partial charge in [-0.2, -0.15) is 0 Å². The van der Waals surface area contributed by atoms with Gasteiger partial charge in [0, 0.05) is 17.7 Å². The lowest BCUT2D eigenvalue weighted by Gasteiger charge is -2.16. The van der Waals surface area contributed by atoms with E-state index in [2.05, 4.69) is 5.32 Å². The summed E-state index contributed by atoms with van der Waals surface area (Å²) in [5, 5.41) is 2.72. The van der Waals surface area contributed by atoms with Gasteiger partial charge in [-0.15, -0.1) is 0 Å². The molecule has 11 nitrogen and oxygen atoms in total. The van der Waals surface area contributed by atoms with Crippen LogP contribution in [0.3, 0.4) is 0 Å². The molecule has 2 aliphatic heterocycles. The largest absolute Gasteiger partial charge is 0.493 e. The van der Waals surface area contributed by atoms with Crippen molar-refractivity contribution in [2.75, 3.05) is 48.4 Å². The Morgan fingerprint density at radius 3 is 2.47 bits per heavy atom. The van der Waals surface area contributed by atoms with E-state index in [1.165, 1.54) is 28.4 Å². The normalized spacial score (nSPS) is 17.2.